The molecule has 6 N–H and O–H groups in total. The lowest BCUT2D eigenvalue weighted by molar-refractivity contribution is -0.138. The highest BCUT2D eigenvalue weighted by atomic mass is 16.4. The smallest absolute Gasteiger partial charge is 0.303 e. The number of carbonyl (C=O) groups is 4. The van der Waals surface area contributed by atoms with E-state index in [0.29, 0.717) is 5.56 Å². The summed E-state index contributed by atoms with van der Waals surface area (Å²) in [6.45, 7) is 3.49. The first-order chi connectivity index (χ1) is 16.2. The highest BCUT2D eigenvalue weighted by Crippen LogP contribution is 2.31. The molecular weight excluding hydrogens is 446 g/mol. The van der Waals surface area contributed by atoms with E-state index in [0.717, 1.165) is 0 Å². The van der Waals surface area contributed by atoms with Crippen molar-refractivity contribution in [1.82, 2.24) is 36.2 Å². The molecule has 182 valence electrons. The summed E-state index contributed by atoms with van der Waals surface area (Å²) in [6.07, 6.45) is 1.13. The van der Waals surface area contributed by atoms with Crippen molar-refractivity contribution in [2.45, 2.75) is 57.8 Å². The van der Waals surface area contributed by atoms with Gasteiger partial charge in [0.05, 0.1) is 12.6 Å². The number of hydrogen-bond acceptors (Lipinski definition) is 9. The summed E-state index contributed by atoms with van der Waals surface area (Å²) in [5.41, 5.74) is 6.57. The first-order valence-corrected chi connectivity index (χ1v) is 10.7. The van der Waals surface area contributed by atoms with Crippen LogP contribution in [0.1, 0.15) is 38.1 Å². The van der Waals surface area contributed by atoms with Crippen LogP contribution < -0.4 is 21.3 Å². The number of nitrogens with zero attached hydrogens (tertiary/aromatic N) is 5. The fraction of sp³-hybridized carbons (Fsp3) is 0.500. The predicted molar refractivity (Wildman–Crippen MR) is 117 cm³/mol. The van der Waals surface area contributed by atoms with Gasteiger partial charge in [-0.15, -0.1) is 10.2 Å². The molecule has 2 aromatic heterocycles. The summed E-state index contributed by atoms with van der Waals surface area (Å²) < 4.78 is 0. The highest BCUT2D eigenvalue weighted by molar-refractivity contribution is 6.06. The molecule has 14 nitrogen and oxygen atoms in total. The van der Waals surface area contributed by atoms with Crippen LogP contribution >= 0.6 is 0 Å². The number of rotatable bonds is 10. The van der Waals surface area contributed by atoms with Crippen molar-refractivity contribution in [3.8, 4) is 0 Å². The quantitative estimate of drug-likeness (QED) is 0.270. The van der Waals surface area contributed by atoms with E-state index < -0.39 is 41.8 Å². The Morgan fingerprint density at radius 1 is 1.32 bits per heavy atom. The zero-order chi connectivity index (χ0) is 24.8. The first kappa shape index (κ1) is 24.7. The van der Waals surface area contributed by atoms with Gasteiger partial charge in [0.25, 0.3) is 5.91 Å². The van der Waals surface area contributed by atoms with E-state index in [1.54, 1.807) is 26.0 Å². The van der Waals surface area contributed by atoms with Gasteiger partial charge in [-0.3, -0.25) is 24.1 Å². The maximum absolute atomic E-state index is 13.6. The topological polar surface area (TPSA) is 209 Å². The van der Waals surface area contributed by atoms with Crippen LogP contribution in [0.25, 0.3) is 0 Å². The Morgan fingerprint density at radius 2 is 2.09 bits per heavy atom. The number of aliphatic carboxylic acids is 1. The van der Waals surface area contributed by atoms with Crippen LogP contribution in [0, 0.1) is 5.92 Å². The number of anilines is 1. The van der Waals surface area contributed by atoms with Crippen LogP contribution in [0.3, 0.4) is 0 Å². The van der Waals surface area contributed by atoms with Crippen LogP contribution in [-0.4, -0.2) is 72.5 Å². The molecular formula is C20H27N9O5. The van der Waals surface area contributed by atoms with Crippen molar-refractivity contribution < 1.29 is 24.3 Å². The van der Waals surface area contributed by atoms with Gasteiger partial charge in [0, 0.05) is 19.0 Å². The summed E-state index contributed by atoms with van der Waals surface area (Å²) in [4.78, 5) is 55.9. The number of carboxylic acids is 1. The highest BCUT2D eigenvalue weighted by Gasteiger charge is 2.42. The molecule has 34 heavy (non-hydrogen) atoms. The van der Waals surface area contributed by atoms with Crippen LogP contribution in [0.15, 0.2) is 18.3 Å². The zero-order valence-corrected chi connectivity index (χ0v) is 18.8. The van der Waals surface area contributed by atoms with E-state index >= 15 is 0 Å². The third-order valence-corrected chi connectivity index (χ3v) is 5.45. The molecule has 0 fully saturated rings. The lowest BCUT2D eigenvalue weighted by atomic mass is 10.0. The van der Waals surface area contributed by atoms with Crippen molar-refractivity contribution in [3.63, 3.8) is 0 Å². The molecule has 3 heterocycles. The number of carbonyl (C=O) groups excluding carboxylic acids is 3. The number of pyridine rings is 1. The number of nitrogens with one attached hydrogen (secondary N) is 3. The molecule has 0 spiro atoms. The SMILES string of the molecule is CC(C)C(N)C(=O)NC(CCC(=O)O)C(=O)N1c2ncccc2C[C@H]1C(=O)NCc1nn[nH]n1. The second-order valence-electron chi connectivity index (χ2n) is 8.22. The number of tetrazole rings is 1. The largest absolute Gasteiger partial charge is 0.481 e. The van der Waals surface area contributed by atoms with Gasteiger partial charge in [0.1, 0.15) is 17.9 Å². The third kappa shape index (κ3) is 5.70. The normalized spacial score (nSPS) is 16.6. The molecule has 1 aliphatic heterocycles. The molecule has 2 unspecified atom stereocenters. The van der Waals surface area contributed by atoms with Crippen molar-refractivity contribution in [2.75, 3.05) is 4.90 Å². The summed E-state index contributed by atoms with van der Waals surface area (Å²) in [5.74, 6) is -2.52. The van der Waals surface area contributed by atoms with Gasteiger partial charge < -0.3 is 21.5 Å². The van der Waals surface area contributed by atoms with Gasteiger partial charge in [0.15, 0.2) is 5.82 Å². The van der Waals surface area contributed by atoms with Crippen LogP contribution in [0.2, 0.25) is 0 Å². The van der Waals surface area contributed by atoms with Gasteiger partial charge in [-0.25, -0.2) is 4.98 Å². The zero-order valence-electron chi connectivity index (χ0n) is 18.8. The van der Waals surface area contributed by atoms with Crippen LogP contribution in [0.5, 0.6) is 0 Å². The Hall–Kier alpha value is -3.94. The maximum Gasteiger partial charge on any atom is 0.303 e. The molecule has 2 aromatic rings. The third-order valence-electron chi connectivity index (χ3n) is 5.45. The summed E-state index contributed by atoms with van der Waals surface area (Å²) in [7, 11) is 0. The predicted octanol–water partition coefficient (Wildman–Crippen LogP) is -1.50. The van der Waals surface area contributed by atoms with E-state index in [1.807, 2.05) is 0 Å². The first-order valence-electron chi connectivity index (χ1n) is 10.7. The second-order valence-corrected chi connectivity index (χ2v) is 8.22. The van der Waals surface area contributed by atoms with Gasteiger partial charge in [-0.05, 0) is 24.0 Å². The van der Waals surface area contributed by atoms with Crippen LogP contribution in [-0.2, 0) is 32.1 Å². The van der Waals surface area contributed by atoms with Gasteiger partial charge >= 0.3 is 5.97 Å². The molecule has 3 rings (SSSR count). The lowest BCUT2D eigenvalue weighted by Crippen LogP contribution is -2.57. The average molecular weight is 473 g/mol. The van der Waals surface area contributed by atoms with Crippen molar-refractivity contribution in [1.29, 1.82) is 0 Å². The molecule has 0 aromatic carbocycles. The second kappa shape index (κ2) is 10.8. The lowest BCUT2D eigenvalue weighted by Gasteiger charge is -2.29. The minimum absolute atomic E-state index is 0.0138. The molecule has 1 aliphatic rings. The molecule has 3 atom stereocenters. The Morgan fingerprint density at radius 3 is 2.74 bits per heavy atom. The molecule has 0 radical (unpaired) electrons. The summed E-state index contributed by atoms with van der Waals surface area (Å²) in [6, 6.07) is 0.362. The number of aromatic nitrogens is 5. The van der Waals surface area contributed by atoms with E-state index in [-0.39, 0.29) is 43.4 Å². The number of nitrogens with two attached hydrogens (primary N) is 1. The van der Waals surface area contributed by atoms with Gasteiger partial charge in [-0.1, -0.05) is 25.1 Å². The number of amides is 3. The minimum atomic E-state index is -1.21. The average Bonchev–Trinajstić information content (AvgIpc) is 3.46. The molecule has 3 amide bonds. The van der Waals surface area contributed by atoms with Crippen LogP contribution in [0.4, 0.5) is 5.82 Å². The number of aromatic amines is 1. The van der Waals surface area contributed by atoms with E-state index in [1.165, 1.54) is 11.1 Å². The summed E-state index contributed by atoms with van der Waals surface area (Å²) in [5, 5.41) is 27.6. The Labute approximate surface area is 194 Å². The number of hydrogen-bond donors (Lipinski definition) is 5. The monoisotopic (exact) mass is 473 g/mol. The molecule has 0 saturated heterocycles. The Balaban J connectivity index is 1.85. The fourth-order valence-electron chi connectivity index (χ4n) is 3.53. The molecule has 0 bridgehead atoms. The Bertz CT molecular complexity index is 1040. The fourth-order valence-corrected chi connectivity index (χ4v) is 3.53. The molecule has 14 heteroatoms. The number of H-pyrrole nitrogens is 1. The van der Waals surface area contributed by atoms with E-state index in [4.69, 9.17) is 10.8 Å². The van der Waals surface area contributed by atoms with Crippen molar-refractivity contribution in [3.05, 3.63) is 29.7 Å². The molecule has 0 saturated carbocycles. The maximum atomic E-state index is 13.6. The van der Waals surface area contributed by atoms with E-state index in [2.05, 4.69) is 36.2 Å². The van der Waals surface area contributed by atoms with Crippen molar-refractivity contribution in [2.24, 2.45) is 11.7 Å². The molecule has 0 aliphatic carbocycles. The van der Waals surface area contributed by atoms with Gasteiger partial charge in [0.2, 0.25) is 11.8 Å². The van der Waals surface area contributed by atoms with E-state index in [9.17, 15) is 19.2 Å². The standard InChI is InChI=1S/C20H27N9O5/c1-10(2)16(21)19(33)24-12(5-6-15(30)31)20(34)29-13(8-11-4-3-7-22-17(11)29)18(32)23-9-14-25-27-28-26-14/h3-4,7,10,12-13,16H,5-6,8-9,21H2,1-2H3,(H,23,32)(H,24,33)(H,30,31)(H,25,26,27,28)/t12?,13-,16?/m0/s1. The van der Waals surface area contributed by atoms with Crippen molar-refractivity contribution >= 4 is 29.5 Å². The number of carboxylic acid groups (broad SMARTS) is 1. The Kier molecular flexibility index (Phi) is 7.83. The van der Waals surface area contributed by atoms with Gasteiger partial charge in [-0.2, -0.15) is 5.21 Å². The summed E-state index contributed by atoms with van der Waals surface area (Å²) >= 11 is 0. The minimum Gasteiger partial charge on any atom is -0.481 e. The number of fused-ring (bicyclic) bond motifs is 1.